The number of carbonyl (C=O) groups is 1. The molecule has 0 aromatic rings. The molecule has 0 saturated carbocycles. The molecule has 0 aromatic carbocycles. The van der Waals surface area contributed by atoms with Crippen molar-refractivity contribution in [3.8, 4) is 0 Å². The lowest BCUT2D eigenvalue weighted by Gasteiger charge is -2.35. The van der Waals surface area contributed by atoms with E-state index in [0.717, 1.165) is 6.42 Å². The van der Waals surface area contributed by atoms with Gasteiger partial charge in [-0.3, -0.25) is 10.1 Å². The number of rotatable bonds is 3. The topological polar surface area (TPSA) is 66.5 Å². The first-order valence-electron chi connectivity index (χ1n) is 7.09. The third-order valence-electron chi connectivity index (χ3n) is 4.02. The number of amides is 1. The SMILES string of the molecule is CC(C)CC1NC(C)C(=O)N1C1CCS(=O)(=O)CC1. The molecule has 2 rings (SSSR count). The lowest BCUT2D eigenvalue weighted by atomic mass is 10.0. The third-order valence-corrected chi connectivity index (χ3v) is 5.73. The van der Waals surface area contributed by atoms with Crippen molar-refractivity contribution in [2.24, 2.45) is 5.92 Å². The van der Waals surface area contributed by atoms with Gasteiger partial charge in [0, 0.05) is 6.04 Å². The molecule has 0 bridgehead atoms. The normalized spacial score (nSPS) is 32.2. The molecule has 0 aliphatic carbocycles. The maximum atomic E-state index is 12.3. The summed E-state index contributed by atoms with van der Waals surface area (Å²) in [6.45, 7) is 6.16. The molecule has 2 fully saturated rings. The summed E-state index contributed by atoms with van der Waals surface area (Å²) in [5, 5.41) is 3.33. The van der Waals surface area contributed by atoms with Gasteiger partial charge in [-0.05, 0) is 32.1 Å². The Labute approximate surface area is 115 Å². The average molecular weight is 288 g/mol. The fourth-order valence-corrected chi connectivity index (χ4v) is 4.50. The largest absolute Gasteiger partial charge is 0.323 e. The molecule has 2 heterocycles. The molecule has 19 heavy (non-hydrogen) atoms. The van der Waals surface area contributed by atoms with Gasteiger partial charge in [0.1, 0.15) is 9.84 Å². The number of sulfone groups is 1. The van der Waals surface area contributed by atoms with Gasteiger partial charge in [0.25, 0.3) is 0 Å². The zero-order chi connectivity index (χ0) is 14.2. The summed E-state index contributed by atoms with van der Waals surface area (Å²) >= 11 is 0. The summed E-state index contributed by atoms with van der Waals surface area (Å²) in [6.07, 6.45) is 2.14. The fraction of sp³-hybridized carbons (Fsp3) is 0.923. The van der Waals surface area contributed by atoms with Crippen LogP contribution in [0.5, 0.6) is 0 Å². The monoisotopic (exact) mass is 288 g/mol. The summed E-state index contributed by atoms with van der Waals surface area (Å²) in [7, 11) is -2.88. The van der Waals surface area contributed by atoms with Crippen molar-refractivity contribution in [3.63, 3.8) is 0 Å². The van der Waals surface area contributed by atoms with Gasteiger partial charge >= 0.3 is 0 Å². The van der Waals surface area contributed by atoms with Crippen LogP contribution in [0.4, 0.5) is 0 Å². The van der Waals surface area contributed by atoms with E-state index in [2.05, 4.69) is 19.2 Å². The van der Waals surface area contributed by atoms with E-state index in [1.165, 1.54) is 0 Å². The van der Waals surface area contributed by atoms with Crippen molar-refractivity contribution in [3.05, 3.63) is 0 Å². The van der Waals surface area contributed by atoms with Crippen LogP contribution in [0.2, 0.25) is 0 Å². The van der Waals surface area contributed by atoms with Crippen molar-refractivity contribution >= 4 is 15.7 Å². The van der Waals surface area contributed by atoms with Gasteiger partial charge < -0.3 is 4.90 Å². The van der Waals surface area contributed by atoms with E-state index >= 15 is 0 Å². The summed E-state index contributed by atoms with van der Waals surface area (Å²) in [6, 6.07) is -0.0699. The van der Waals surface area contributed by atoms with Crippen LogP contribution < -0.4 is 5.32 Å². The molecular formula is C13H24N2O3S. The second-order valence-electron chi connectivity index (χ2n) is 6.16. The molecule has 2 atom stereocenters. The highest BCUT2D eigenvalue weighted by Crippen LogP contribution is 2.26. The van der Waals surface area contributed by atoms with Crippen LogP contribution >= 0.6 is 0 Å². The standard InChI is InChI=1S/C13H24N2O3S/c1-9(2)8-12-14-10(3)13(16)15(12)11-4-6-19(17,18)7-5-11/h9-12,14H,4-8H2,1-3H3. The quantitative estimate of drug-likeness (QED) is 0.832. The summed E-state index contributed by atoms with van der Waals surface area (Å²) in [5.74, 6) is 1.05. The maximum Gasteiger partial charge on any atom is 0.240 e. The molecule has 5 nitrogen and oxygen atoms in total. The zero-order valence-electron chi connectivity index (χ0n) is 11.9. The van der Waals surface area contributed by atoms with E-state index in [1.807, 2.05) is 11.8 Å². The number of hydrogen-bond acceptors (Lipinski definition) is 4. The Morgan fingerprint density at radius 2 is 1.89 bits per heavy atom. The van der Waals surface area contributed by atoms with E-state index in [1.54, 1.807) is 0 Å². The molecule has 0 aromatic heterocycles. The van der Waals surface area contributed by atoms with Gasteiger partial charge in [0.05, 0.1) is 23.7 Å². The molecule has 1 amide bonds. The molecule has 2 aliphatic rings. The van der Waals surface area contributed by atoms with Gasteiger partial charge in [-0.2, -0.15) is 0 Å². The first-order valence-corrected chi connectivity index (χ1v) is 8.91. The predicted octanol–water partition coefficient (Wildman–Crippen LogP) is 0.756. The van der Waals surface area contributed by atoms with Gasteiger partial charge in [0.2, 0.25) is 5.91 Å². The molecule has 0 spiro atoms. The molecule has 2 aliphatic heterocycles. The van der Waals surface area contributed by atoms with Gasteiger partial charge in [0.15, 0.2) is 0 Å². The molecule has 110 valence electrons. The van der Waals surface area contributed by atoms with E-state index in [4.69, 9.17) is 0 Å². The van der Waals surface area contributed by atoms with Crippen molar-refractivity contribution in [1.82, 2.24) is 10.2 Å². The Balaban J connectivity index is 2.09. The Kier molecular flexibility index (Phi) is 4.20. The predicted molar refractivity (Wildman–Crippen MR) is 74.4 cm³/mol. The second kappa shape index (κ2) is 5.40. The van der Waals surface area contributed by atoms with Crippen LogP contribution in [0.25, 0.3) is 0 Å². The molecular weight excluding hydrogens is 264 g/mol. The number of carbonyl (C=O) groups excluding carboxylic acids is 1. The van der Waals surface area contributed by atoms with Gasteiger partial charge in [-0.25, -0.2) is 8.42 Å². The Morgan fingerprint density at radius 3 is 2.42 bits per heavy atom. The minimum absolute atomic E-state index is 0.0632. The highest BCUT2D eigenvalue weighted by molar-refractivity contribution is 7.91. The highest BCUT2D eigenvalue weighted by Gasteiger charge is 2.42. The van der Waals surface area contributed by atoms with E-state index in [9.17, 15) is 13.2 Å². The Bertz CT molecular complexity index is 433. The Morgan fingerprint density at radius 1 is 1.32 bits per heavy atom. The Hall–Kier alpha value is -0.620. The summed E-state index contributed by atoms with van der Waals surface area (Å²) in [5.41, 5.74) is 0. The van der Waals surface area contributed by atoms with E-state index in [-0.39, 0.29) is 35.7 Å². The second-order valence-corrected chi connectivity index (χ2v) is 8.47. The molecule has 2 saturated heterocycles. The van der Waals surface area contributed by atoms with Crippen molar-refractivity contribution < 1.29 is 13.2 Å². The van der Waals surface area contributed by atoms with Crippen molar-refractivity contribution in [2.75, 3.05) is 11.5 Å². The molecule has 6 heteroatoms. The first kappa shape index (κ1) is 14.8. The average Bonchev–Trinajstić information content (AvgIpc) is 2.55. The van der Waals surface area contributed by atoms with E-state index < -0.39 is 9.84 Å². The van der Waals surface area contributed by atoms with Crippen LogP contribution in [0.1, 0.15) is 40.0 Å². The fourth-order valence-electron chi connectivity index (χ4n) is 3.04. The maximum absolute atomic E-state index is 12.3. The van der Waals surface area contributed by atoms with Crippen LogP contribution in [-0.2, 0) is 14.6 Å². The first-order chi connectivity index (χ1) is 8.80. The smallest absolute Gasteiger partial charge is 0.240 e. The van der Waals surface area contributed by atoms with Crippen molar-refractivity contribution in [2.45, 2.75) is 58.3 Å². The van der Waals surface area contributed by atoms with Crippen LogP contribution in [0.15, 0.2) is 0 Å². The molecule has 1 N–H and O–H groups in total. The molecule has 0 radical (unpaired) electrons. The summed E-state index contributed by atoms with van der Waals surface area (Å²) < 4.78 is 23.0. The molecule has 2 unspecified atom stereocenters. The van der Waals surface area contributed by atoms with Crippen LogP contribution in [0.3, 0.4) is 0 Å². The highest BCUT2D eigenvalue weighted by atomic mass is 32.2. The minimum atomic E-state index is -2.88. The lowest BCUT2D eigenvalue weighted by molar-refractivity contribution is -0.132. The van der Waals surface area contributed by atoms with E-state index in [0.29, 0.717) is 18.8 Å². The number of nitrogens with zero attached hydrogens (tertiary/aromatic N) is 1. The van der Waals surface area contributed by atoms with Crippen molar-refractivity contribution in [1.29, 1.82) is 0 Å². The van der Waals surface area contributed by atoms with Crippen LogP contribution in [-0.4, -0.2) is 49.0 Å². The third kappa shape index (κ3) is 3.28. The van der Waals surface area contributed by atoms with Gasteiger partial charge in [-0.1, -0.05) is 13.8 Å². The minimum Gasteiger partial charge on any atom is -0.323 e. The number of hydrogen-bond donors (Lipinski definition) is 1. The van der Waals surface area contributed by atoms with Crippen LogP contribution in [0, 0.1) is 5.92 Å². The zero-order valence-corrected chi connectivity index (χ0v) is 12.7. The lowest BCUT2D eigenvalue weighted by Crippen LogP contribution is -2.48. The number of nitrogens with one attached hydrogen (secondary N) is 1. The van der Waals surface area contributed by atoms with Gasteiger partial charge in [-0.15, -0.1) is 0 Å². The summed E-state index contributed by atoms with van der Waals surface area (Å²) in [4.78, 5) is 14.2.